The molecule has 1 atom stereocenters. The number of carbonyl (C=O) groups is 3. The first-order valence-electron chi connectivity index (χ1n) is 28.0. The molecule has 0 spiro atoms. The Morgan fingerprint density at radius 1 is 0.324 bits per heavy atom. The molecule has 0 radical (unpaired) electrons. The number of carbonyl (C=O) groups excluding carboxylic acids is 3. The molecule has 0 aliphatic heterocycles. The summed E-state index contributed by atoms with van der Waals surface area (Å²) >= 11 is 0. The normalized spacial score (nSPS) is 12.9. The zero-order valence-corrected chi connectivity index (χ0v) is 44.1. The summed E-state index contributed by atoms with van der Waals surface area (Å²) in [4.78, 5) is 38.1. The van der Waals surface area contributed by atoms with Crippen LogP contribution in [0.1, 0.15) is 245 Å². The van der Waals surface area contributed by atoms with Crippen LogP contribution in [0.4, 0.5) is 0 Å². The lowest BCUT2D eigenvalue weighted by Crippen LogP contribution is -2.30. The Kier molecular flexibility index (Phi) is 52.4. The summed E-state index contributed by atoms with van der Waals surface area (Å²) in [5, 5.41) is 0. The zero-order chi connectivity index (χ0) is 49.3. The molecule has 0 aromatic carbocycles. The maximum absolute atomic E-state index is 12.8. The van der Waals surface area contributed by atoms with E-state index >= 15 is 0 Å². The Morgan fingerprint density at radius 2 is 0.662 bits per heavy atom. The smallest absolute Gasteiger partial charge is 0.306 e. The Balaban J connectivity index is 4.46. The molecule has 0 saturated carbocycles. The van der Waals surface area contributed by atoms with Crippen molar-refractivity contribution in [2.75, 3.05) is 13.2 Å². The van der Waals surface area contributed by atoms with Crippen LogP contribution in [0.2, 0.25) is 0 Å². The van der Waals surface area contributed by atoms with E-state index in [2.05, 4.69) is 75.5 Å². The summed E-state index contributed by atoms with van der Waals surface area (Å²) in [6.45, 7) is 6.31. The lowest BCUT2D eigenvalue weighted by Gasteiger charge is -2.18. The van der Waals surface area contributed by atoms with Gasteiger partial charge in [-0.3, -0.25) is 14.4 Å². The lowest BCUT2D eigenvalue weighted by atomic mass is 10.1. The number of esters is 3. The molecule has 0 aliphatic rings. The van der Waals surface area contributed by atoms with Gasteiger partial charge in [-0.1, -0.05) is 246 Å². The minimum absolute atomic E-state index is 0.108. The van der Waals surface area contributed by atoms with E-state index in [0.717, 1.165) is 89.9 Å². The molecule has 0 amide bonds. The van der Waals surface area contributed by atoms with Crippen molar-refractivity contribution in [1.29, 1.82) is 0 Å². The molecule has 0 fully saturated rings. The molecular formula is C62H102O6. The van der Waals surface area contributed by atoms with Crippen LogP contribution < -0.4 is 0 Å². The largest absolute Gasteiger partial charge is 0.462 e. The molecule has 6 heteroatoms. The van der Waals surface area contributed by atoms with Crippen LogP contribution in [0.15, 0.2) is 109 Å². The van der Waals surface area contributed by atoms with Crippen molar-refractivity contribution in [2.45, 2.75) is 252 Å². The third kappa shape index (κ3) is 53.0. The van der Waals surface area contributed by atoms with Gasteiger partial charge in [-0.2, -0.15) is 0 Å². The van der Waals surface area contributed by atoms with Crippen molar-refractivity contribution in [3.63, 3.8) is 0 Å². The summed E-state index contributed by atoms with van der Waals surface area (Å²) in [6.07, 6.45) is 75.2. The molecule has 0 saturated heterocycles. The van der Waals surface area contributed by atoms with Gasteiger partial charge in [-0.15, -0.1) is 0 Å². The Morgan fingerprint density at radius 3 is 1.13 bits per heavy atom. The summed E-state index contributed by atoms with van der Waals surface area (Å²) in [6, 6.07) is 0. The second-order valence-corrected chi connectivity index (χ2v) is 18.2. The number of hydrogen-bond donors (Lipinski definition) is 0. The molecule has 68 heavy (non-hydrogen) atoms. The first-order chi connectivity index (χ1) is 33.5. The monoisotopic (exact) mass is 943 g/mol. The van der Waals surface area contributed by atoms with Crippen LogP contribution in [0.5, 0.6) is 0 Å². The van der Waals surface area contributed by atoms with Crippen LogP contribution >= 0.6 is 0 Å². The minimum atomic E-state index is -0.815. The SMILES string of the molecule is CC\C=C/C=C\C=C/C=C\C=C/CCCC(=O)OCC(COC(=O)CCCCCCCCCCC/C=C\C/C=C\C/C=C\CC)OC(=O)CCCCCCC/C=C\CCCCCCCCCCC. The van der Waals surface area contributed by atoms with Crippen molar-refractivity contribution in [1.82, 2.24) is 0 Å². The highest BCUT2D eigenvalue weighted by Gasteiger charge is 2.19. The molecule has 0 bridgehead atoms. The first-order valence-corrected chi connectivity index (χ1v) is 28.0. The molecule has 0 aliphatic carbocycles. The predicted octanol–water partition coefficient (Wildman–Crippen LogP) is 18.7. The van der Waals surface area contributed by atoms with Crippen molar-refractivity contribution >= 4 is 17.9 Å². The van der Waals surface area contributed by atoms with Gasteiger partial charge >= 0.3 is 17.9 Å². The fourth-order valence-electron chi connectivity index (χ4n) is 7.48. The highest BCUT2D eigenvalue weighted by atomic mass is 16.6. The molecule has 0 aromatic heterocycles. The van der Waals surface area contributed by atoms with Gasteiger partial charge in [0, 0.05) is 19.3 Å². The number of unbranched alkanes of at least 4 members (excludes halogenated alkanes) is 24. The van der Waals surface area contributed by atoms with Gasteiger partial charge in [-0.25, -0.2) is 0 Å². The quantitative estimate of drug-likeness (QED) is 0.0199. The summed E-state index contributed by atoms with van der Waals surface area (Å²) in [5.74, 6) is -0.999. The van der Waals surface area contributed by atoms with Crippen LogP contribution in [0.3, 0.4) is 0 Å². The molecule has 6 nitrogen and oxygen atoms in total. The topological polar surface area (TPSA) is 78.9 Å². The molecule has 0 N–H and O–H groups in total. The van der Waals surface area contributed by atoms with Crippen LogP contribution in [-0.2, 0) is 28.6 Å². The van der Waals surface area contributed by atoms with Crippen molar-refractivity contribution in [3.05, 3.63) is 109 Å². The number of allylic oxidation sites excluding steroid dienone is 18. The second kappa shape index (κ2) is 55.7. The predicted molar refractivity (Wildman–Crippen MR) is 293 cm³/mol. The van der Waals surface area contributed by atoms with E-state index in [-0.39, 0.29) is 37.5 Å². The van der Waals surface area contributed by atoms with Gasteiger partial charge in [-0.05, 0) is 89.9 Å². The van der Waals surface area contributed by atoms with Crippen molar-refractivity contribution in [2.24, 2.45) is 0 Å². The summed E-state index contributed by atoms with van der Waals surface area (Å²) in [7, 11) is 0. The maximum Gasteiger partial charge on any atom is 0.306 e. The fraction of sp³-hybridized carbons (Fsp3) is 0.661. The van der Waals surface area contributed by atoms with E-state index in [1.165, 1.54) is 109 Å². The second-order valence-electron chi connectivity index (χ2n) is 18.2. The average Bonchev–Trinajstić information content (AvgIpc) is 3.34. The Bertz CT molecular complexity index is 1410. The first kappa shape index (κ1) is 64.1. The van der Waals surface area contributed by atoms with Crippen molar-refractivity contribution in [3.8, 4) is 0 Å². The number of ether oxygens (including phenoxy) is 3. The van der Waals surface area contributed by atoms with Gasteiger partial charge in [0.25, 0.3) is 0 Å². The van der Waals surface area contributed by atoms with Gasteiger partial charge in [0.15, 0.2) is 6.10 Å². The maximum atomic E-state index is 12.8. The van der Waals surface area contributed by atoms with Gasteiger partial charge < -0.3 is 14.2 Å². The Hall–Kier alpha value is -3.93. The van der Waals surface area contributed by atoms with Crippen LogP contribution in [0.25, 0.3) is 0 Å². The van der Waals surface area contributed by atoms with E-state index in [1.54, 1.807) is 0 Å². The lowest BCUT2D eigenvalue weighted by molar-refractivity contribution is -0.167. The number of hydrogen-bond acceptors (Lipinski definition) is 6. The molecule has 1 unspecified atom stereocenters. The van der Waals surface area contributed by atoms with Crippen LogP contribution in [0, 0.1) is 0 Å². The van der Waals surface area contributed by atoms with E-state index < -0.39 is 6.10 Å². The minimum Gasteiger partial charge on any atom is -0.462 e. The number of rotatable bonds is 49. The molecule has 0 rings (SSSR count). The van der Waals surface area contributed by atoms with Crippen molar-refractivity contribution < 1.29 is 28.6 Å². The third-order valence-electron chi connectivity index (χ3n) is 11.6. The van der Waals surface area contributed by atoms with Crippen LogP contribution in [-0.4, -0.2) is 37.2 Å². The zero-order valence-electron chi connectivity index (χ0n) is 44.1. The average molecular weight is 943 g/mol. The van der Waals surface area contributed by atoms with E-state index in [1.807, 2.05) is 54.7 Å². The Labute approximate surface area is 419 Å². The van der Waals surface area contributed by atoms with Gasteiger partial charge in [0.2, 0.25) is 0 Å². The molecule has 0 heterocycles. The molecule has 386 valence electrons. The fourth-order valence-corrected chi connectivity index (χ4v) is 7.48. The van der Waals surface area contributed by atoms with Gasteiger partial charge in [0.1, 0.15) is 13.2 Å². The highest BCUT2D eigenvalue weighted by Crippen LogP contribution is 2.15. The molecular weight excluding hydrogens is 841 g/mol. The third-order valence-corrected chi connectivity index (χ3v) is 11.6. The molecule has 0 aromatic rings. The summed E-state index contributed by atoms with van der Waals surface area (Å²) < 4.78 is 16.8. The standard InChI is InChI=1S/C62H102O6/c1-4-7-10-13-16-19-22-25-27-29-31-33-34-37-40-43-46-49-52-55-61(64)67-58-59(57-66-60(63)54-51-48-45-42-39-36-24-21-18-15-12-9-6-3)68-62(65)56-53-50-47-44-41-38-35-32-30-28-26-23-20-17-14-11-8-5-2/h7,9-10,12,15-16,18-19,21,24-25,27,32,35-36,39,42,45,59H,4-6,8,11,13-14,17,20,22-23,26,28-31,33-34,37-38,40-41,43-44,46-58H2,1-3H3/b10-7-,12-9-,18-15-,19-16-,24-21-,27-25-,35-32-,39-36-,45-42-. The van der Waals surface area contributed by atoms with Gasteiger partial charge in [0.05, 0.1) is 0 Å². The summed E-state index contributed by atoms with van der Waals surface area (Å²) in [5.41, 5.74) is 0. The van der Waals surface area contributed by atoms with E-state index in [4.69, 9.17) is 14.2 Å². The van der Waals surface area contributed by atoms with E-state index in [0.29, 0.717) is 19.3 Å². The van der Waals surface area contributed by atoms with E-state index in [9.17, 15) is 14.4 Å². The highest BCUT2D eigenvalue weighted by molar-refractivity contribution is 5.71.